The second kappa shape index (κ2) is 7.61. The maximum atomic E-state index is 12.1. The molecule has 1 heterocycles. The van der Waals surface area contributed by atoms with E-state index in [4.69, 9.17) is 5.73 Å². The standard InChI is InChI=1S/C12H12F3N3O2S.ClH/c13-12(14,15)20-7-3-4-8-9(6-7)21-11(17-8)18-10(19)2-1-5-16;/h3-4,6H,1-2,5,16H2,(H,17,18,19);1H. The molecule has 1 amide bonds. The summed E-state index contributed by atoms with van der Waals surface area (Å²) in [7, 11) is 0. The summed E-state index contributed by atoms with van der Waals surface area (Å²) >= 11 is 1.08. The van der Waals surface area contributed by atoms with Crippen LogP contribution in [0.1, 0.15) is 12.8 Å². The highest BCUT2D eigenvalue weighted by Crippen LogP contribution is 2.31. The van der Waals surface area contributed by atoms with Crippen molar-refractivity contribution in [3.05, 3.63) is 18.2 Å². The quantitative estimate of drug-likeness (QED) is 0.862. The van der Waals surface area contributed by atoms with Gasteiger partial charge in [0.2, 0.25) is 5.91 Å². The van der Waals surface area contributed by atoms with Crippen molar-refractivity contribution in [3.63, 3.8) is 0 Å². The van der Waals surface area contributed by atoms with Crippen molar-refractivity contribution in [1.82, 2.24) is 4.98 Å². The van der Waals surface area contributed by atoms with Crippen LogP contribution in [0.4, 0.5) is 18.3 Å². The van der Waals surface area contributed by atoms with Crippen LogP contribution >= 0.6 is 23.7 Å². The molecule has 122 valence electrons. The zero-order valence-electron chi connectivity index (χ0n) is 11.1. The number of aromatic nitrogens is 1. The lowest BCUT2D eigenvalue weighted by molar-refractivity contribution is -0.274. The Hall–Kier alpha value is -1.58. The number of nitrogens with one attached hydrogen (secondary N) is 1. The average molecular weight is 356 g/mol. The molecular weight excluding hydrogens is 343 g/mol. The molecule has 22 heavy (non-hydrogen) atoms. The number of hydrogen-bond acceptors (Lipinski definition) is 5. The van der Waals surface area contributed by atoms with Crippen molar-refractivity contribution in [2.24, 2.45) is 5.73 Å². The normalized spacial score (nSPS) is 11.1. The van der Waals surface area contributed by atoms with Gasteiger partial charge in [-0.1, -0.05) is 11.3 Å². The highest BCUT2D eigenvalue weighted by Gasteiger charge is 2.31. The van der Waals surface area contributed by atoms with Gasteiger partial charge >= 0.3 is 6.36 Å². The van der Waals surface area contributed by atoms with Crippen LogP contribution in [0.3, 0.4) is 0 Å². The van der Waals surface area contributed by atoms with E-state index in [1.54, 1.807) is 0 Å². The van der Waals surface area contributed by atoms with Gasteiger partial charge in [-0.05, 0) is 25.1 Å². The molecular formula is C12H13ClF3N3O2S. The lowest BCUT2D eigenvalue weighted by atomic mass is 10.3. The molecule has 0 saturated carbocycles. The Morgan fingerprint density at radius 3 is 2.77 bits per heavy atom. The van der Waals surface area contributed by atoms with Crippen LogP contribution in [0.5, 0.6) is 5.75 Å². The van der Waals surface area contributed by atoms with E-state index in [1.165, 1.54) is 18.2 Å². The molecule has 0 aliphatic carbocycles. The summed E-state index contributed by atoms with van der Waals surface area (Å²) in [6, 6.07) is 3.81. The predicted molar refractivity (Wildman–Crippen MR) is 80.5 cm³/mol. The number of ether oxygens (including phenoxy) is 1. The molecule has 0 bridgehead atoms. The van der Waals surface area contributed by atoms with E-state index in [0.29, 0.717) is 28.3 Å². The summed E-state index contributed by atoms with van der Waals surface area (Å²) < 4.78 is 40.7. The van der Waals surface area contributed by atoms with Crippen molar-refractivity contribution < 1.29 is 22.7 Å². The monoisotopic (exact) mass is 355 g/mol. The van der Waals surface area contributed by atoms with Crippen molar-refractivity contribution in [1.29, 1.82) is 0 Å². The number of rotatable bonds is 5. The van der Waals surface area contributed by atoms with Crippen molar-refractivity contribution in [2.45, 2.75) is 19.2 Å². The highest BCUT2D eigenvalue weighted by atomic mass is 35.5. The molecule has 2 aromatic rings. The van der Waals surface area contributed by atoms with Gasteiger partial charge in [-0.2, -0.15) is 0 Å². The summed E-state index contributed by atoms with van der Waals surface area (Å²) in [5.41, 5.74) is 5.79. The van der Waals surface area contributed by atoms with Gasteiger partial charge in [0, 0.05) is 12.5 Å². The molecule has 0 atom stereocenters. The number of thiazole rings is 1. The number of benzene rings is 1. The van der Waals surface area contributed by atoms with Gasteiger partial charge in [-0.25, -0.2) is 4.98 Å². The summed E-state index contributed by atoms with van der Waals surface area (Å²) in [4.78, 5) is 15.6. The maximum absolute atomic E-state index is 12.1. The number of anilines is 1. The average Bonchev–Trinajstić information content (AvgIpc) is 2.75. The minimum Gasteiger partial charge on any atom is -0.406 e. The lowest BCUT2D eigenvalue weighted by Crippen LogP contribution is -2.16. The topological polar surface area (TPSA) is 77.2 Å². The molecule has 0 fully saturated rings. The first-order valence-electron chi connectivity index (χ1n) is 6.03. The Morgan fingerprint density at radius 1 is 1.41 bits per heavy atom. The number of fused-ring (bicyclic) bond motifs is 1. The predicted octanol–water partition coefficient (Wildman–Crippen LogP) is 3.29. The highest BCUT2D eigenvalue weighted by molar-refractivity contribution is 7.22. The molecule has 1 aromatic carbocycles. The van der Waals surface area contributed by atoms with Gasteiger partial charge in [0.25, 0.3) is 0 Å². The molecule has 0 spiro atoms. The van der Waals surface area contributed by atoms with Gasteiger partial charge < -0.3 is 15.8 Å². The Bertz CT molecular complexity index is 648. The molecule has 0 radical (unpaired) electrons. The number of nitrogens with zero attached hydrogens (tertiary/aromatic N) is 1. The van der Waals surface area contributed by atoms with Crippen LogP contribution in [0.2, 0.25) is 0 Å². The molecule has 3 N–H and O–H groups in total. The van der Waals surface area contributed by atoms with Crippen LogP contribution < -0.4 is 15.8 Å². The Kier molecular flexibility index (Phi) is 6.39. The van der Waals surface area contributed by atoms with E-state index < -0.39 is 6.36 Å². The fraction of sp³-hybridized carbons (Fsp3) is 0.333. The van der Waals surface area contributed by atoms with E-state index >= 15 is 0 Å². The lowest BCUT2D eigenvalue weighted by Gasteiger charge is -2.07. The van der Waals surface area contributed by atoms with Crippen LogP contribution in [0.25, 0.3) is 10.2 Å². The Labute approximate surface area is 134 Å². The SMILES string of the molecule is Cl.NCCCC(=O)Nc1nc2ccc(OC(F)(F)F)cc2s1. The third kappa shape index (κ3) is 5.32. The van der Waals surface area contributed by atoms with E-state index in [1.807, 2.05) is 0 Å². The zero-order valence-corrected chi connectivity index (χ0v) is 12.8. The second-order valence-electron chi connectivity index (χ2n) is 4.14. The molecule has 0 aliphatic heterocycles. The summed E-state index contributed by atoms with van der Waals surface area (Å²) in [6.07, 6.45) is -3.91. The first-order valence-corrected chi connectivity index (χ1v) is 6.85. The van der Waals surface area contributed by atoms with Gasteiger partial charge in [-0.3, -0.25) is 4.79 Å². The number of nitrogens with two attached hydrogens (primary N) is 1. The van der Waals surface area contributed by atoms with Gasteiger partial charge in [0.05, 0.1) is 10.2 Å². The van der Waals surface area contributed by atoms with E-state index in [-0.39, 0.29) is 30.5 Å². The first kappa shape index (κ1) is 18.5. The molecule has 0 saturated heterocycles. The second-order valence-corrected chi connectivity index (χ2v) is 5.17. The Balaban J connectivity index is 0.00000242. The maximum Gasteiger partial charge on any atom is 0.573 e. The number of carbonyl (C=O) groups is 1. The number of halogens is 4. The van der Waals surface area contributed by atoms with Crippen LogP contribution in [-0.2, 0) is 4.79 Å². The van der Waals surface area contributed by atoms with Crippen molar-refractivity contribution in [3.8, 4) is 5.75 Å². The van der Waals surface area contributed by atoms with Crippen molar-refractivity contribution >= 4 is 45.0 Å². The third-order valence-electron chi connectivity index (χ3n) is 2.45. The van der Waals surface area contributed by atoms with Crippen LogP contribution in [0, 0.1) is 0 Å². The van der Waals surface area contributed by atoms with E-state index in [9.17, 15) is 18.0 Å². The summed E-state index contributed by atoms with van der Waals surface area (Å²) in [5, 5.41) is 2.91. The fourth-order valence-electron chi connectivity index (χ4n) is 1.60. The van der Waals surface area contributed by atoms with Gasteiger partial charge in [0.15, 0.2) is 5.13 Å². The van der Waals surface area contributed by atoms with Crippen LogP contribution in [0.15, 0.2) is 18.2 Å². The number of hydrogen-bond donors (Lipinski definition) is 2. The zero-order chi connectivity index (χ0) is 15.5. The smallest absolute Gasteiger partial charge is 0.406 e. The van der Waals surface area contributed by atoms with Gasteiger partial charge in [0.1, 0.15) is 5.75 Å². The molecule has 1 aromatic heterocycles. The van der Waals surface area contributed by atoms with Crippen molar-refractivity contribution in [2.75, 3.05) is 11.9 Å². The van der Waals surface area contributed by atoms with Crippen LogP contribution in [-0.4, -0.2) is 23.8 Å². The first-order chi connectivity index (χ1) is 9.87. The van der Waals surface area contributed by atoms with E-state index in [0.717, 1.165) is 11.3 Å². The molecule has 5 nitrogen and oxygen atoms in total. The molecule has 0 unspecified atom stereocenters. The number of carbonyl (C=O) groups excluding carboxylic acids is 1. The molecule has 0 aliphatic rings. The minimum absolute atomic E-state index is 0. The fourth-order valence-corrected chi connectivity index (χ4v) is 2.51. The minimum atomic E-state index is -4.74. The number of alkyl halides is 3. The largest absolute Gasteiger partial charge is 0.573 e. The number of amides is 1. The third-order valence-corrected chi connectivity index (χ3v) is 3.38. The molecule has 10 heteroatoms. The van der Waals surface area contributed by atoms with E-state index in [2.05, 4.69) is 15.0 Å². The summed E-state index contributed by atoms with van der Waals surface area (Å²) in [5.74, 6) is -0.550. The molecule has 2 rings (SSSR count). The summed E-state index contributed by atoms with van der Waals surface area (Å²) in [6.45, 7) is 0.408. The Morgan fingerprint density at radius 2 is 2.14 bits per heavy atom. The van der Waals surface area contributed by atoms with Gasteiger partial charge in [-0.15, -0.1) is 25.6 Å².